The molecular formula is C23H29N5O5. The summed E-state index contributed by atoms with van der Waals surface area (Å²) < 4.78 is 1.87. The van der Waals surface area contributed by atoms with Crippen molar-refractivity contribution in [2.24, 2.45) is 17.0 Å². The van der Waals surface area contributed by atoms with E-state index in [2.05, 4.69) is 15.6 Å². The summed E-state index contributed by atoms with van der Waals surface area (Å²) in [7, 11) is 0. The Balaban J connectivity index is 1.46. The molecule has 3 aliphatic rings. The Bertz CT molecular complexity index is 1140. The van der Waals surface area contributed by atoms with Crippen molar-refractivity contribution in [1.82, 2.24) is 14.8 Å². The van der Waals surface area contributed by atoms with Crippen LogP contribution in [-0.4, -0.2) is 54.3 Å². The molecule has 1 aliphatic heterocycles. The van der Waals surface area contributed by atoms with Crippen molar-refractivity contribution >= 4 is 34.4 Å². The third-order valence-electron chi connectivity index (χ3n) is 7.40. The fourth-order valence-electron chi connectivity index (χ4n) is 5.49. The van der Waals surface area contributed by atoms with Gasteiger partial charge in [-0.3, -0.25) is 9.59 Å². The maximum Gasteiger partial charge on any atom is 0.306 e. The first-order valence-corrected chi connectivity index (χ1v) is 11.6. The van der Waals surface area contributed by atoms with E-state index in [0.29, 0.717) is 38.6 Å². The van der Waals surface area contributed by atoms with Gasteiger partial charge in [0.25, 0.3) is 0 Å². The second kappa shape index (κ2) is 8.00. The Morgan fingerprint density at radius 2 is 1.88 bits per heavy atom. The molecule has 2 aromatic rings. The van der Waals surface area contributed by atoms with Gasteiger partial charge >= 0.3 is 11.9 Å². The van der Waals surface area contributed by atoms with Crippen molar-refractivity contribution in [3.63, 3.8) is 0 Å². The van der Waals surface area contributed by atoms with Crippen LogP contribution in [0.15, 0.2) is 11.4 Å². The Labute approximate surface area is 191 Å². The molecule has 0 radical (unpaired) electrons. The normalized spacial score (nSPS) is 28.9. The molecule has 176 valence electrons. The minimum absolute atomic E-state index is 0.145. The predicted octanol–water partition coefficient (Wildman–Crippen LogP) is 3.17. The van der Waals surface area contributed by atoms with E-state index in [1.807, 2.05) is 18.5 Å². The number of pyridine rings is 1. The van der Waals surface area contributed by atoms with E-state index in [1.165, 1.54) is 0 Å². The maximum atomic E-state index is 11.4. The van der Waals surface area contributed by atoms with Crippen molar-refractivity contribution in [3.05, 3.63) is 17.5 Å². The second-order valence-corrected chi connectivity index (χ2v) is 9.61. The Morgan fingerprint density at radius 1 is 1.18 bits per heavy atom. The van der Waals surface area contributed by atoms with Crippen LogP contribution in [0.5, 0.6) is 0 Å². The van der Waals surface area contributed by atoms with Gasteiger partial charge in [-0.15, -0.1) is 0 Å². The number of carbonyl (C=O) groups is 2. The molecule has 2 saturated carbocycles. The number of aromatic nitrogens is 3. The molecule has 33 heavy (non-hydrogen) atoms. The number of carboxylic acid groups (broad SMARTS) is 2. The lowest BCUT2D eigenvalue weighted by Gasteiger charge is -2.40. The highest BCUT2D eigenvalue weighted by Crippen LogP contribution is 2.48. The summed E-state index contributed by atoms with van der Waals surface area (Å²) in [5, 5.41) is 32.2. The SMILES string of the molecule is CCn1nc(C)c2c(NC3CCC(C(=O)O)CC3)c(C3=NOC4(C3)CC(C(=O)O)C4)cnc21. The predicted molar refractivity (Wildman–Crippen MR) is 120 cm³/mol. The number of carboxylic acids is 2. The summed E-state index contributed by atoms with van der Waals surface area (Å²) in [5.41, 5.74) is 3.64. The van der Waals surface area contributed by atoms with E-state index in [9.17, 15) is 19.8 Å². The smallest absolute Gasteiger partial charge is 0.306 e. The number of hydrogen-bond donors (Lipinski definition) is 3. The van der Waals surface area contributed by atoms with Crippen molar-refractivity contribution < 1.29 is 24.6 Å². The van der Waals surface area contributed by atoms with E-state index in [0.717, 1.165) is 46.5 Å². The molecule has 0 aromatic carbocycles. The molecule has 0 atom stereocenters. The van der Waals surface area contributed by atoms with Crippen molar-refractivity contribution in [1.29, 1.82) is 0 Å². The number of aliphatic carboxylic acids is 2. The summed E-state index contributed by atoms with van der Waals surface area (Å²) in [6, 6.07) is 0.145. The lowest BCUT2D eigenvalue weighted by atomic mass is 9.68. The highest BCUT2D eigenvalue weighted by atomic mass is 16.7. The zero-order chi connectivity index (χ0) is 23.3. The molecule has 0 saturated heterocycles. The number of oxime groups is 1. The summed E-state index contributed by atoms with van der Waals surface area (Å²) in [4.78, 5) is 33.1. The number of aryl methyl sites for hydroxylation is 2. The zero-order valence-corrected chi connectivity index (χ0v) is 18.9. The quantitative estimate of drug-likeness (QED) is 0.604. The first kappa shape index (κ1) is 21.7. The number of hydrogen-bond acceptors (Lipinski definition) is 7. The Kier molecular flexibility index (Phi) is 5.25. The van der Waals surface area contributed by atoms with Crippen LogP contribution in [0.4, 0.5) is 5.69 Å². The molecule has 0 bridgehead atoms. The van der Waals surface area contributed by atoms with Crippen LogP contribution in [0.3, 0.4) is 0 Å². The van der Waals surface area contributed by atoms with E-state index in [-0.39, 0.29) is 17.9 Å². The van der Waals surface area contributed by atoms with Crippen LogP contribution in [0.2, 0.25) is 0 Å². The minimum Gasteiger partial charge on any atom is -0.481 e. The molecule has 3 N–H and O–H groups in total. The van der Waals surface area contributed by atoms with Gasteiger partial charge in [-0.25, -0.2) is 9.67 Å². The van der Waals surface area contributed by atoms with Crippen molar-refractivity contribution in [2.75, 3.05) is 5.32 Å². The lowest BCUT2D eigenvalue weighted by Crippen LogP contribution is -2.47. The Morgan fingerprint density at radius 3 is 2.52 bits per heavy atom. The summed E-state index contributed by atoms with van der Waals surface area (Å²) >= 11 is 0. The van der Waals surface area contributed by atoms with Gasteiger partial charge < -0.3 is 20.4 Å². The first-order valence-electron chi connectivity index (χ1n) is 11.6. The number of anilines is 1. The van der Waals surface area contributed by atoms with Gasteiger partial charge in [0.2, 0.25) is 0 Å². The molecule has 3 heterocycles. The second-order valence-electron chi connectivity index (χ2n) is 9.61. The number of fused-ring (bicyclic) bond motifs is 1. The molecular weight excluding hydrogens is 426 g/mol. The van der Waals surface area contributed by atoms with Gasteiger partial charge in [0.1, 0.15) is 5.60 Å². The van der Waals surface area contributed by atoms with Crippen LogP contribution >= 0.6 is 0 Å². The topological polar surface area (TPSA) is 139 Å². The van der Waals surface area contributed by atoms with Gasteiger partial charge in [-0.2, -0.15) is 5.10 Å². The lowest BCUT2D eigenvalue weighted by molar-refractivity contribution is -0.162. The van der Waals surface area contributed by atoms with Gasteiger partial charge in [0.05, 0.1) is 34.3 Å². The highest BCUT2D eigenvalue weighted by molar-refractivity contribution is 6.11. The monoisotopic (exact) mass is 455 g/mol. The van der Waals surface area contributed by atoms with Crippen LogP contribution in [0, 0.1) is 18.8 Å². The molecule has 2 aliphatic carbocycles. The molecule has 0 unspecified atom stereocenters. The highest BCUT2D eigenvalue weighted by Gasteiger charge is 2.53. The van der Waals surface area contributed by atoms with Gasteiger partial charge in [-0.05, 0) is 39.5 Å². The first-order chi connectivity index (χ1) is 15.8. The summed E-state index contributed by atoms with van der Waals surface area (Å²) in [5.74, 6) is -2.17. The number of rotatable bonds is 6. The molecule has 5 rings (SSSR count). The molecule has 0 amide bonds. The number of nitrogens with zero attached hydrogens (tertiary/aromatic N) is 4. The maximum absolute atomic E-state index is 11.4. The average Bonchev–Trinajstić information content (AvgIpc) is 3.35. The largest absolute Gasteiger partial charge is 0.481 e. The van der Waals surface area contributed by atoms with Crippen LogP contribution in [0.1, 0.15) is 63.1 Å². The molecule has 2 fully saturated rings. The molecule has 2 aromatic heterocycles. The molecule has 10 nitrogen and oxygen atoms in total. The van der Waals surface area contributed by atoms with E-state index < -0.39 is 17.5 Å². The van der Waals surface area contributed by atoms with Gasteiger partial charge in [0.15, 0.2) is 5.65 Å². The van der Waals surface area contributed by atoms with Crippen LogP contribution in [0.25, 0.3) is 11.0 Å². The Hall–Kier alpha value is -3.17. The van der Waals surface area contributed by atoms with Crippen LogP contribution in [-0.2, 0) is 21.0 Å². The fourth-order valence-corrected chi connectivity index (χ4v) is 5.49. The average molecular weight is 456 g/mol. The number of nitrogens with one attached hydrogen (secondary N) is 1. The molecule has 10 heteroatoms. The van der Waals surface area contributed by atoms with Gasteiger partial charge in [0, 0.05) is 43.6 Å². The van der Waals surface area contributed by atoms with Crippen molar-refractivity contribution in [2.45, 2.75) is 77.0 Å². The van der Waals surface area contributed by atoms with E-state index in [4.69, 9.17) is 9.82 Å². The zero-order valence-electron chi connectivity index (χ0n) is 18.9. The third kappa shape index (κ3) is 3.71. The third-order valence-corrected chi connectivity index (χ3v) is 7.40. The summed E-state index contributed by atoms with van der Waals surface area (Å²) in [6.07, 6.45) is 6.10. The van der Waals surface area contributed by atoms with Gasteiger partial charge in [-0.1, -0.05) is 5.16 Å². The fraction of sp³-hybridized carbons (Fsp3) is 0.609. The van der Waals surface area contributed by atoms with E-state index in [1.54, 1.807) is 6.20 Å². The van der Waals surface area contributed by atoms with Crippen molar-refractivity contribution in [3.8, 4) is 0 Å². The standard InChI is InChI=1S/C23H29N5O5/c1-3-28-20-18(12(2)26-28)19(25-15-6-4-13(5-7-15)21(29)30)16(11-24-20)17-10-23(33-27-17)8-14(9-23)22(31)32/h11,13-15H,3-10H2,1-2H3,(H,24,25)(H,29,30)(H,31,32). The van der Waals surface area contributed by atoms with Crippen LogP contribution < -0.4 is 5.32 Å². The van der Waals surface area contributed by atoms with E-state index >= 15 is 0 Å². The minimum atomic E-state index is -0.789. The summed E-state index contributed by atoms with van der Waals surface area (Å²) in [6.45, 7) is 4.68. The molecule has 1 spiro atoms.